The molecule has 1 aliphatic heterocycles. The molecule has 19 heavy (non-hydrogen) atoms. The number of carbonyl (C=O) groups excluding carboxylic acids is 1. The second-order valence-corrected chi connectivity index (χ2v) is 4.87. The minimum absolute atomic E-state index is 0.103. The summed E-state index contributed by atoms with van der Waals surface area (Å²) >= 11 is 0. The molecule has 104 valence electrons. The predicted molar refractivity (Wildman–Crippen MR) is 70.3 cm³/mol. The van der Waals surface area contributed by atoms with E-state index in [1.807, 2.05) is 0 Å². The van der Waals surface area contributed by atoms with E-state index in [4.69, 9.17) is 10.5 Å². The van der Waals surface area contributed by atoms with E-state index in [9.17, 15) is 9.18 Å². The maximum Gasteiger partial charge on any atom is 0.261 e. The van der Waals surface area contributed by atoms with E-state index in [0.717, 1.165) is 12.8 Å². The molecule has 2 atom stereocenters. The summed E-state index contributed by atoms with van der Waals surface area (Å²) in [5.74, 6) is -0.550. The first-order chi connectivity index (χ1) is 9.08. The summed E-state index contributed by atoms with van der Waals surface area (Å²) in [7, 11) is 0. The summed E-state index contributed by atoms with van der Waals surface area (Å²) in [4.78, 5) is 11.7. The molecule has 0 aliphatic carbocycles. The van der Waals surface area contributed by atoms with Crippen LogP contribution in [0.25, 0.3) is 0 Å². The van der Waals surface area contributed by atoms with Crippen LogP contribution < -0.4 is 15.8 Å². The number of nitrogens with two attached hydrogens (primary N) is 1. The summed E-state index contributed by atoms with van der Waals surface area (Å²) in [6.45, 7) is 2.44. The second-order valence-electron chi connectivity index (χ2n) is 4.87. The predicted octanol–water partition coefficient (Wildman–Crippen LogP) is 1.89. The quantitative estimate of drug-likeness (QED) is 0.878. The Bertz CT molecular complexity index is 463. The lowest BCUT2D eigenvalue weighted by molar-refractivity contribution is -0.127. The summed E-state index contributed by atoms with van der Waals surface area (Å²) in [6.07, 6.45) is 1.82. The molecule has 0 radical (unpaired) electrons. The normalized spacial score (nSPS) is 21.4. The van der Waals surface area contributed by atoms with E-state index in [2.05, 4.69) is 5.32 Å². The number of ether oxygens (including phenoxy) is 1. The fraction of sp³-hybridized carbons (Fsp3) is 0.500. The molecule has 1 heterocycles. The van der Waals surface area contributed by atoms with E-state index in [1.54, 1.807) is 13.0 Å². The molecule has 1 aromatic carbocycles. The van der Waals surface area contributed by atoms with Crippen molar-refractivity contribution in [3.63, 3.8) is 0 Å². The highest BCUT2D eigenvalue weighted by Crippen LogP contribution is 2.23. The van der Waals surface area contributed by atoms with Crippen LogP contribution in [0.1, 0.15) is 37.8 Å². The average Bonchev–Trinajstić information content (AvgIpc) is 2.57. The first kappa shape index (κ1) is 13.8. The minimum Gasteiger partial charge on any atom is -0.478 e. The van der Waals surface area contributed by atoms with Crippen LogP contribution in [0.2, 0.25) is 0 Å². The Balaban J connectivity index is 2.11. The van der Waals surface area contributed by atoms with Crippen molar-refractivity contribution in [1.29, 1.82) is 0 Å². The topological polar surface area (TPSA) is 64.3 Å². The van der Waals surface area contributed by atoms with Gasteiger partial charge < -0.3 is 15.8 Å². The zero-order chi connectivity index (χ0) is 13.8. The van der Waals surface area contributed by atoms with Crippen molar-refractivity contribution in [2.24, 2.45) is 5.73 Å². The highest BCUT2D eigenvalue weighted by Gasteiger charge is 2.23. The number of benzene rings is 1. The van der Waals surface area contributed by atoms with Crippen LogP contribution in [0.3, 0.4) is 0 Å². The lowest BCUT2D eigenvalue weighted by Gasteiger charge is -2.17. The summed E-state index contributed by atoms with van der Waals surface area (Å²) in [6, 6.07) is 4.38. The molecule has 1 unspecified atom stereocenters. The number of hydrogen-bond donors (Lipinski definition) is 2. The van der Waals surface area contributed by atoms with Crippen molar-refractivity contribution in [3.05, 3.63) is 29.6 Å². The molecular formula is C14H19FN2O2. The average molecular weight is 266 g/mol. The van der Waals surface area contributed by atoms with Gasteiger partial charge in [-0.2, -0.15) is 0 Å². The zero-order valence-corrected chi connectivity index (χ0v) is 11.0. The molecule has 0 bridgehead atoms. The highest BCUT2D eigenvalue weighted by molar-refractivity contribution is 5.81. The minimum atomic E-state index is -0.613. The van der Waals surface area contributed by atoms with Gasteiger partial charge in [-0.05, 0) is 43.9 Å². The van der Waals surface area contributed by atoms with Gasteiger partial charge in [-0.3, -0.25) is 4.79 Å². The van der Waals surface area contributed by atoms with E-state index in [1.165, 1.54) is 12.1 Å². The maximum absolute atomic E-state index is 13.9. The molecule has 1 saturated heterocycles. The standard InChI is InChI=1S/C14H19FN2O2/c1-9(16)10-5-6-12(11(15)8-10)19-13-4-2-3-7-17-14(13)18/h5-6,8-9,13H,2-4,7,16H2,1H3,(H,17,18)/t9-,13?/m0/s1. The molecule has 2 rings (SSSR count). The first-order valence-corrected chi connectivity index (χ1v) is 6.57. The number of nitrogens with one attached hydrogen (secondary N) is 1. The van der Waals surface area contributed by atoms with Crippen molar-refractivity contribution in [1.82, 2.24) is 5.32 Å². The fourth-order valence-corrected chi connectivity index (χ4v) is 2.07. The van der Waals surface area contributed by atoms with Gasteiger partial charge in [0.05, 0.1) is 0 Å². The Hall–Kier alpha value is -1.62. The van der Waals surface area contributed by atoms with Gasteiger partial charge in [0.25, 0.3) is 5.91 Å². The zero-order valence-electron chi connectivity index (χ0n) is 11.0. The molecule has 1 amide bonds. The molecule has 0 aromatic heterocycles. The van der Waals surface area contributed by atoms with Gasteiger partial charge in [0.1, 0.15) is 0 Å². The van der Waals surface area contributed by atoms with Crippen LogP contribution in [-0.2, 0) is 4.79 Å². The van der Waals surface area contributed by atoms with Crippen LogP contribution in [0.15, 0.2) is 18.2 Å². The van der Waals surface area contributed by atoms with E-state index in [0.29, 0.717) is 18.5 Å². The van der Waals surface area contributed by atoms with Gasteiger partial charge in [0.2, 0.25) is 0 Å². The Kier molecular flexibility index (Phi) is 4.37. The van der Waals surface area contributed by atoms with Gasteiger partial charge in [-0.15, -0.1) is 0 Å². The Morgan fingerprint density at radius 3 is 2.95 bits per heavy atom. The van der Waals surface area contributed by atoms with Gasteiger partial charge >= 0.3 is 0 Å². The first-order valence-electron chi connectivity index (χ1n) is 6.57. The van der Waals surface area contributed by atoms with Crippen molar-refractivity contribution >= 4 is 5.91 Å². The molecule has 1 aliphatic rings. The molecular weight excluding hydrogens is 247 g/mol. The second kappa shape index (κ2) is 6.02. The van der Waals surface area contributed by atoms with Crippen molar-refractivity contribution in [2.45, 2.75) is 38.3 Å². The number of halogens is 1. The molecule has 4 nitrogen and oxygen atoms in total. The maximum atomic E-state index is 13.9. The van der Waals surface area contributed by atoms with Crippen LogP contribution >= 0.6 is 0 Å². The van der Waals surface area contributed by atoms with E-state index in [-0.39, 0.29) is 17.7 Å². The van der Waals surface area contributed by atoms with Crippen molar-refractivity contribution in [2.75, 3.05) is 6.54 Å². The largest absolute Gasteiger partial charge is 0.478 e. The Morgan fingerprint density at radius 2 is 2.26 bits per heavy atom. The number of rotatable bonds is 3. The van der Waals surface area contributed by atoms with Crippen LogP contribution in [0.5, 0.6) is 5.75 Å². The van der Waals surface area contributed by atoms with E-state index < -0.39 is 11.9 Å². The molecule has 0 spiro atoms. The van der Waals surface area contributed by atoms with E-state index >= 15 is 0 Å². The van der Waals surface area contributed by atoms with Crippen molar-refractivity contribution < 1.29 is 13.9 Å². The molecule has 1 fully saturated rings. The van der Waals surface area contributed by atoms with Crippen molar-refractivity contribution in [3.8, 4) is 5.75 Å². The van der Waals surface area contributed by atoms with Gasteiger partial charge in [0, 0.05) is 12.6 Å². The third-order valence-electron chi connectivity index (χ3n) is 3.24. The number of hydrogen-bond acceptors (Lipinski definition) is 3. The monoisotopic (exact) mass is 266 g/mol. The smallest absolute Gasteiger partial charge is 0.261 e. The van der Waals surface area contributed by atoms with Gasteiger partial charge in [0.15, 0.2) is 17.7 Å². The number of carbonyl (C=O) groups is 1. The Morgan fingerprint density at radius 1 is 1.47 bits per heavy atom. The summed E-state index contributed by atoms with van der Waals surface area (Å²) < 4.78 is 19.4. The molecule has 5 heteroatoms. The van der Waals surface area contributed by atoms with Crippen LogP contribution in [0, 0.1) is 5.82 Å². The lowest BCUT2D eigenvalue weighted by Crippen LogP contribution is -2.36. The molecule has 1 aromatic rings. The molecule has 0 saturated carbocycles. The SMILES string of the molecule is C[C@H](N)c1ccc(OC2CCCCNC2=O)c(F)c1. The van der Waals surface area contributed by atoms with Gasteiger partial charge in [-0.25, -0.2) is 4.39 Å². The third kappa shape index (κ3) is 3.44. The fourth-order valence-electron chi connectivity index (χ4n) is 2.07. The third-order valence-corrected chi connectivity index (χ3v) is 3.24. The van der Waals surface area contributed by atoms with Gasteiger partial charge in [-0.1, -0.05) is 6.07 Å². The van der Waals surface area contributed by atoms with Crippen LogP contribution in [0.4, 0.5) is 4.39 Å². The summed E-state index contributed by atoms with van der Waals surface area (Å²) in [5.41, 5.74) is 6.39. The Labute approximate surface area is 112 Å². The van der Waals surface area contributed by atoms with Crippen LogP contribution in [-0.4, -0.2) is 18.6 Å². The number of amides is 1. The lowest BCUT2D eigenvalue weighted by atomic mass is 10.1. The molecule has 3 N–H and O–H groups in total. The highest BCUT2D eigenvalue weighted by atomic mass is 19.1. The summed E-state index contributed by atoms with van der Waals surface area (Å²) in [5, 5.41) is 2.76.